The topological polar surface area (TPSA) is 64.6 Å². The summed E-state index contributed by atoms with van der Waals surface area (Å²) in [6.07, 6.45) is 0. The van der Waals surface area contributed by atoms with Gasteiger partial charge in [0.15, 0.2) is 0 Å². The van der Waals surface area contributed by atoms with Gasteiger partial charge in [-0.25, -0.2) is 0 Å². The van der Waals surface area contributed by atoms with Crippen molar-refractivity contribution < 1.29 is 39.2 Å². The molecular weight excluding hydrogens is 201 g/mol. The molecule has 0 unspecified atom stereocenters. The van der Waals surface area contributed by atoms with Crippen LogP contribution in [0.4, 0.5) is 0 Å². The first-order valence-electron chi connectivity index (χ1n) is 3.15. The van der Waals surface area contributed by atoms with Gasteiger partial charge in [0, 0.05) is 13.2 Å². The van der Waals surface area contributed by atoms with Crippen LogP contribution in [0.5, 0.6) is 0 Å². The standard InChI is InChI=1S/2C3H7O2.Zn/c2*1-2-5-3-4;/h2*2-3H2,1H3;/q2*-1;+2. The average molecular weight is 216 g/mol. The van der Waals surface area contributed by atoms with Crippen molar-refractivity contribution in [3.63, 3.8) is 0 Å². The Labute approximate surface area is 80.3 Å². The minimum atomic E-state index is -0.406. The molecule has 0 saturated carbocycles. The molecule has 0 radical (unpaired) electrons. The number of hydrogen-bond donors (Lipinski definition) is 0. The van der Waals surface area contributed by atoms with Gasteiger partial charge in [-0.1, -0.05) is 0 Å². The van der Waals surface area contributed by atoms with E-state index in [9.17, 15) is 10.2 Å². The summed E-state index contributed by atoms with van der Waals surface area (Å²) in [5.74, 6) is 0. The van der Waals surface area contributed by atoms with E-state index in [4.69, 9.17) is 0 Å². The Morgan fingerprint density at radius 1 is 0.909 bits per heavy atom. The molecule has 0 spiro atoms. The minimum Gasteiger partial charge on any atom is -0.834 e. The summed E-state index contributed by atoms with van der Waals surface area (Å²) >= 11 is 0. The third-order valence-electron chi connectivity index (χ3n) is 0.575. The number of rotatable bonds is 4. The van der Waals surface area contributed by atoms with Crippen molar-refractivity contribution in [2.24, 2.45) is 0 Å². The molecule has 0 N–H and O–H groups in total. The van der Waals surface area contributed by atoms with Gasteiger partial charge >= 0.3 is 19.5 Å². The molecule has 0 aliphatic rings. The van der Waals surface area contributed by atoms with Crippen LogP contribution in [0.2, 0.25) is 0 Å². The molecule has 0 saturated heterocycles. The van der Waals surface area contributed by atoms with Crippen LogP contribution in [0.3, 0.4) is 0 Å². The van der Waals surface area contributed by atoms with Gasteiger partial charge in [-0.05, 0) is 27.4 Å². The maximum Gasteiger partial charge on any atom is 2.00 e. The first-order chi connectivity index (χ1) is 4.83. The summed E-state index contributed by atoms with van der Waals surface area (Å²) in [7, 11) is 0. The first kappa shape index (κ1) is 17.5. The Kier molecular flexibility index (Phi) is 35.7. The zero-order valence-corrected chi connectivity index (χ0v) is 10.1. The van der Waals surface area contributed by atoms with E-state index in [1.807, 2.05) is 0 Å². The van der Waals surface area contributed by atoms with Crippen molar-refractivity contribution in [3.8, 4) is 0 Å². The van der Waals surface area contributed by atoms with Crippen molar-refractivity contribution in [1.82, 2.24) is 0 Å². The van der Waals surface area contributed by atoms with Crippen LogP contribution in [0.15, 0.2) is 0 Å². The molecule has 0 aromatic rings. The fourth-order valence-electron chi connectivity index (χ4n) is 0.167. The van der Waals surface area contributed by atoms with E-state index in [1.54, 1.807) is 13.8 Å². The third-order valence-corrected chi connectivity index (χ3v) is 0.575. The maximum atomic E-state index is 9.31. The molecule has 0 aliphatic carbocycles. The molecule has 0 aromatic carbocycles. The average Bonchev–Trinajstić information content (AvgIpc) is 1.93. The van der Waals surface area contributed by atoms with Gasteiger partial charge in [0.05, 0.1) is 0 Å². The molecule has 0 heterocycles. The summed E-state index contributed by atoms with van der Waals surface area (Å²) in [5, 5.41) is 18.6. The number of ether oxygens (including phenoxy) is 2. The van der Waals surface area contributed by atoms with Gasteiger partial charge in [-0.2, -0.15) is 0 Å². The predicted molar refractivity (Wildman–Crippen MR) is 33.0 cm³/mol. The van der Waals surface area contributed by atoms with Gasteiger partial charge < -0.3 is 19.7 Å². The number of hydrogen-bond acceptors (Lipinski definition) is 4. The van der Waals surface area contributed by atoms with Crippen molar-refractivity contribution >= 4 is 0 Å². The molecule has 11 heavy (non-hydrogen) atoms. The Balaban J connectivity index is -0.000000107. The monoisotopic (exact) mass is 214 g/mol. The zero-order valence-electron chi connectivity index (χ0n) is 7.17. The second-order valence-corrected chi connectivity index (χ2v) is 1.22. The minimum absolute atomic E-state index is 0. The van der Waals surface area contributed by atoms with Crippen molar-refractivity contribution in [2.75, 3.05) is 26.8 Å². The van der Waals surface area contributed by atoms with E-state index in [2.05, 4.69) is 9.47 Å². The maximum absolute atomic E-state index is 9.31. The normalized spacial score (nSPS) is 7.64. The largest absolute Gasteiger partial charge is 2.00 e. The van der Waals surface area contributed by atoms with Gasteiger partial charge in [0.2, 0.25) is 0 Å². The molecule has 0 rings (SSSR count). The third kappa shape index (κ3) is 37.6. The molecule has 0 atom stereocenters. The van der Waals surface area contributed by atoms with E-state index < -0.39 is 13.6 Å². The summed E-state index contributed by atoms with van der Waals surface area (Å²) < 4.78 is 8.56. The fourth-order valence-corrected chi connectivity index (χ4v) is 0.167. The smallest absolute Gasteiger partial charge is 0.834 e. The fraction of sp³-hybridized carbons (Fsp3) is 1.00. The summed E-state index contributed by atoms with van der Waals surface area (Å²) in [5.41, 5.74) is 0. The Morgan fingerprint density at radius 3 is 1.18 bits per heavy atom. The van der Waals surface area contributed by atoms with E-state index in [-0.39, 0.29) is 19.5 Å². The first-order valence-corrected chi connectivity index (χ1v) is 3.15. The van der Waals surface area contributed by atoms with Crippen LogP contribution in [0, 0.1) is 0 Å². The zero-order chi connectivity index (χ0) is 8.24. The molecule has 0 aromatic heterocycles. The summed E-state index contributed by atoms with van der Waals surface area (Å²) in [6, 6.07) is 0. The molecule has 0 fully saturated rings. The van der Waals surface area contributed by atoms with Gasteiger partial charge in [-0.3, -0.25) is 0 Å². The van der Waals surface area contributed by atoms with Crippen LogP contribution in [0.1, 0.15) is 13.8 Å². The van der Waals surface area contributed by atoms with E-state index in [0.717, 1.165) is 0 Å². The van der Waals surface area contributed by atoms with Gasteiger partial charge in [0.25, 0.3) is 0 Å². The molecular formula is C6H14O4Zn. The SMILES string of the molecule is CCOC[O-].CCOC[O-].[Zn+2]. The van der Waals surface area contributed by atoms with Crippen molar-refractivity contribution in [1.29, 1.82) is 0 Å². The van der Waals surface area contributed by atoms with Crippen molar-refractivity contribution in [3.05, 3.63) is 0 Å². The predicted octanol–water partition coefficient (Wildman–Crippen LogP) is -1.32. The van der Waals surface area contributed by atoms with E-state index in [1.165, 1.54) is 0 Å². The van der Waals surface area contributed by atoms with E-state index in [0.29, 0.717) is 13.2 Å². The van der Waals surface area contributed by atoms with Crippen LogP contribution >= 0.6 is 0 Å². The Bertz CT molecular complexity index is 35.6. The Hall–Kier alpha value is 0.463. The van der Waals surface area contributed by atoms with Gasteiger partial charge in [0.1, 0.15) is 0 Å². The van der Waals surface area contributed by atoms with Crippen LogP contribution in [-0.2, 0) is 29.0 Å². The van der Waals surface area contributed by atoms with Crippen LogP contribution in [0.25, 0.3) is 0 Å². The summed E-state index contributed by atoms with van der Waals surface area (Å²) in [4.78, 5) is 0. The van der Waals surface area contributed by atoms with E-state index >= 15 is 0 Å². The van der Waals surface area contributed by atoms with Crippen LogP contribution in [-0.4, -0.2) is 26.8 Å². The van der Waals surface area contributed by atoms with Crippen molar-refractivity contribution in [2.45, 2.75) is 13.8 Å². The van der Waals surface area contributed by atoms with Crippen LogP contribution < -0.4 is 10.2 Å². The molecule has 5 heteroatoms. The second-order valence-electron chi connectivity index (χ2n) is 1.22. The Morgan fingerprint density at radius 2 is 1.18 bits per heavy atom. The molecule has 64 valence electrons. The molecule has 0 aliphatic heterocycles. The second kappa shape index (κ2) is 22.4. The summed E-state index contributed by atoms with van der Waals surface area (Å²) in [6.45, 7) is 3.83. The molecule has 0 amide bonds. The molecule has 4 nitrogen and oxygen atoms in total. The quantitative estimate of drug-likeness (QED) is 0.431. The van der Waals surface area contributed by atoms with Gasteiger partial charge in [-0.15, -0.1) is 0 Å². The molecule has 0 bridgehead atoms.